The van der Waals surface area contributed by atoms with Crippen LogP contribution in [0.3, 0.4) is 0 Å². The van der Waals surface area contributed by atoms with Gasteiger partial charge >= 0.3 is 5.97 Å². The summed E-state index contributed by atoms with van der Waals surface area (Å²) in [5, 5.41) is 2.69. The van der Waals surface area contributed by atoms with E-state index in [1.165, 1.54) is 0 Å². The van der Waals surface area contributed by atoms with Crippen molar-refractivity contribution in [3.05, 3.63) is 23.8 Å². The Hall–Kier alpha value is -3.10. The summed E-state index contributed by atoms with van der Waals surface area (Å²) in [7, 11) is 0. The molecule has 2 fully saturated rings. The summed E-state index contributed by atoms with van der Waals surface area (Å²) in [4.78, 5) is 50.0. The summed E-state index contributed by atoms with van der Waals surface area (Å²) < 4.78 is 16.1. The summed E-state index contributed by atoms with van der Waals surface area (Å²) in [5.74, 6) is -1.11. The van der Waals surface area contributed by atoms with Crippen molar-refractivity contribution in [2.45, 2.75) is 46.0 Å². The maximum absolute atomic E-state index is 12.4. The van der Waals surface area contributed by atoms with Crippen LogP contribution in [-0.4, -0.2) is 61.5 Å². The summed E-state index contributed by atoms with van der Waals surface area (Å²) >= 11 is 0. The van der Waals surface area contributed by atoms with Gasteiger partial charge in [-0.1, -0.05) is 18.9 Å². The molecule has 1 heterocycles. The quantitative estimate of drug-likeness (QED) is 0.396. The third-order valence-electron chi connectivity index (χ3n) is 5.93. The molecule has 0 radical (unpaired) electrons. The van der Waals surface area contributed by atoms with Gasteiger partial charge in [0.25, 0.3) is 5.91 Å². The molecule has 3 rings (SSSR count). The highest BCUT2D eigenvalue weighted by molar-refractivity contribution is 6.07. The van der Waals surface area contributed by atoms with Crippen molar-refractivity contribution in [2.24, 2.45) is 11.8 Å². The standard InChI is InChI=1S/C24H32N2O7/c1-3-31-19-10-9-16(13-20(19)32-4-2)11-12-25-21(27)15-33-22(28)14-26-23(29)17-7-5-6-8-18(17)24(26)30/h9-10,13,17-18H,3-8,11-12,14-15H2,1-2H3,(H,25,27). The number of likely N-dealkylation sites (tertiary alicyclic amines) is 1. The van der Waals surface area contributed by atoms with Crippen LogP contribution >= 0.6 is 0 Å². The van der Waals surface area contributed by atoms with Crippen LogP contribution in [0.2, 0.25) is 0 Å². The molecule has 1 saturated heterocycles. The lowest BCUT2D eigenvalue weighted by Crippen LogP contribution is -2.38. The highest BCUT2D eigenvalue weighted by Crippen LogP contribution is 2.37. The van der Waals surface area contributed by atoms with Gasteiger partial charge in [0, 0.05) is 6.54 Å². The van der Waals surface area contributed by atoms with Crippen molar-refractivity contribution in [3.8, 4) is 11.5 Å². The van der Waals surface area contributed by atoms with Crippen LogP contribution in [0.5, 0.6) is 11.5 Å². The van der Waals surface area contributed by atoms with Crippen LogP contribution in [0.4, 0.5) is 0 Å². The average Bonchev–Trinajstić information content (AvgIpc) is 3.04. The fourth-order valence-corrected chi connectivity index (χ4v) is 4.36. The molecule has 1 aliphatic heterocycles. The summed E-state index contributed by atoms with van der Waals surface area (Å²) in [6.45, 7) is 4.30. The van der Waals surface area contributed by atoms with E-state index in [0.29, 0.717) is 50.5 Å². The van der Waals surface area contributed by atoms with Crippen LogP contribution in [0, 0.1) is 11.8 Å². The Kier molecular flexibility index (Phi) is 8.68. The first kappa shape index (κ1) is 24.5. The SMILES string of the molecule is CCOc1ccc(CCNC(=O)COC(=O)CN2C(=O)C3CCCCC3C2=O)cc1OCC. The van der Waals surface area contributed by atoms with Crippen molar-refractivity contribution >= 4 is 23.7 Å². The number of rotatable bonds is 11. The van der Waals surface area contributed by atoms with E-state index in [1.807, 2.05) is 32.0 Å². The molecule has 9 heteroatoms. The van der Waals surface area contributed by atoms with Gasteiger partial charge in [-0.15, -0.1) is 0 Å². The van der Waals surface area contributed by atoms with Gasteiger partial charge in [0.05, 0.1) is 25.0 Å². The Morgan fingerprint density at radius 1 is 1.00 bits per heavy atom. The number of carbonyl (C=O) groups is 4. The van der Waals surface area contributed by atoms with Crippen LogP contribution in [0.1, 0.15) is 45.1 Å². The number of fused-ring (bicyclic) bond motifs is 1. The second-order valence-electron chi connectivity index (χ2n) is 8.17. The van der Waals surface area contributed by atoms with Crippen LogP contribution in [-0.2, 0) is 30.3 Å². The zero-order chi connectivity index (χ0) is 23.8. The normalized spacial score (nSPS) is 19.8. The Labute approximate surface area is 193 Å². The maximum atomic E-state index is 12.4. The molecule has 180 valence electrons. The molecule has 33 heavy (non-hydrogen) atoms. The van der Waals surface area contributed by atoms with Gasteiger partial charge in [-0.2, -0.15) is 0 Å². The second-order valence-corrected chi connectivity index (χ2v) is 8.17. The van der Waals surface area contributed by atoms with E-state index in [-0.39, 0.29) is 23.7 Å². The van der Waals surface area contributed by atoms with E-state index in [4.69, 9.17) is 14.2 Å². The zero-order valence-electron chi connectivity index (χ0n) is 19.3. The molecule has 2 unspecified atom stereocenters. The molecule has 1 aliphatic carbocycles. The third kappa shape index (κ3) is 6.24. The summed E-state index contributed by atoms with van der Waals surface area (Å²) in [6, 6.07) is 5.62. The predicted molar refractivity (Wildman–Crippen MR) is 119 cm³/mol. The minimum Gasteiger partial charge on any atom is -0.490 e. The number of ether oxygens (including phenoxy) is 3. The van der Waals surface area contributed by atoms with Gasteiger partial charge in [-0.25, -0.2) is 0 Å². The molecular weight excluding hydrogens is 428 g/mol. The lowest BCUT2D eigenvalue weighted by atomic mass is 9.81. The van der Waals surface area contributed by atoms with Gasteiger partial charge in [-0.3, -0.25) is 24.1 Å². The Bertz CT molecular complexity index is 862. The number of amides is 3. The van der Waals surface area contributed by atoms with Crippen molar-refractivity contribution in [2.75, 3.05) is 32.9 Å². The zero-order valence-corrected chi connectivity index (χ0v) is 19.3. The minimum absolute atomic E-state index is 0.298. The lowest BCUT2D eigenvalue weighted by molar-refractivity contribution is -0.154. The smallest absolute Gasteiger partial charge is 0.326 e. The fraction of sp³-hybridized carbons (Fsp3) is 0.583. The minimum atomic E-state index is -0.765. The van der Waals surface area contributed by atoms with E-state index < -0.39 is 25.0 Å². The van der Waals surface area contributed by atoms with Crippen LogP contribution in [0.25, 0.3) is 0 Å². The number of imide groups is 1. The Morgan fingerprint density at radius 2 is 1.64 bits per heavy atom. The third-order valence-corrected chi connectivity index (χ3v) is 5.93. The molecule has 1 aromatic rings. The molecule has 2 aliphatic rings. The highest BCUT2D eigenvalue weighted by Gasteiger charge is 2.48. The molecule has 1 N–H and O–H groups in total. The average molecular weight is 461 g/mol. The Balaban J connectivity index is 1.40. The largest absolute Gasteiger partial charge is 0.490 e. The summed E-state index contributed by atoms with van der Waals surface area (Å²) in [5.41, 5.74) is 0.965. The number of nitrogens with one attached hydrogen (secondary N) is 1. The van der Waals surface area contributed by atoms with Gasteiger partial charge in [0.2, 0.25) is 11.8 Å². The van der Waals surface area contributed by atoms with E-state index in [9.17, 15) is 19.2 Å². The van der Waals surface area contributed by atoms with Crippen molar-refractivity contribution in [3.63, 3.8) is 0 Å². The molecule has 1 saturated carbocycles. The van der Waals surface area contributed by atoms with Gasteiger partial charge in [-0.05, 0) is 50.8 Å². The van der Waals surface area contributed by atoms with Crippen molar-refractivity contribution in [1.82, 2.24) is 10.2 Å². The fourth-order valence-electron chi connectivity index (χ4n) is 4.36. The topological polar surface area (TPSA) is 111 Å². The lowest BCUT2D eigenvalue weighted by Gasteiger charge is -2.19. The molecule has 3 amide bonds. The highest BCUT2D eigenvalue weighted by atomic mass is 16.5. The molecule has 0 bridgehead atoms. The van der Waals surface area contributed by atoms with E-state index >= 15 is 0 Å². The van der Waals surface area contributed by atoms with E-state index in [2.05, 4.69) is 5.32 Å². The van der Waals surface area contributed by atoms with E-state index in [1.54, 1.807) is 0 Å². The molecule has 2 atom stereocenters. The second kappa shape index (κ2) is 11.7. The molecular formula is C24H32N2O7. The number of esters is 1. The molecule has 9 nitrogen and oxygen atoms in total. The van der Waals surface area contributed by atoms with Gasteiger partial charge < -0.3 is 19.5 Å². The summed E-state index contributed by atoms with van der Waals surface area (Å²) in [6.07, 6.45) is 3.77. The van der Waals surface area contributed by atoms with Gasteiger partial charge in [0.15, 0.2) is 18.1 Å². The van der Waals surface area contributed by atoms with Crippen molar-refractivity contribution < 1.29 is 33.4 Å². The first-order valence-corrected chi connectivity index (χ1v) is 11.6. The molecule has 1 aromatic carbocycles. The predicted octanol–water partition coefficient (Wildman–Crippen LogP) is 1.86. The number of hydrogen-bond acceptors (Lipinski definition) is 7. The number of carbonyl (C=O) groups excluding carboxylic acids is 4. The first-order chi connectivity index (χ1) is 15.9. The first-order valence-electron chi connectivity index (χ1n) is 11.6. The monoisotopic (exact) mass is 460 g/mol. The van der Waals surface area contributed by atoms with E-state index in [0.717, 1.165) is 23.3 Å². The van der Waals surface area contributed by atoms with Crippen LogP contribution in [0.15, 0.2) is 18.2 Å². The van der Waals surface area contributed by atoms with Crippen molar-refractivity contribution in [1.29, 1.82) is 0 Å². The molecule has 0 aromatic heterocycles. The number of nitrogens with zero attached hydrogens (tertiary/aromatic N) is 1. The number of benzene rings is 1. The maximum Gasteiger partial charge on any atom is 0.326 e. The number of hydrogen-bond donors (Lipinski definition) is 1. The van der Waals surface area contributed by atoms with Gasteiger partial charge in [0.1, 0.15) is 6.54 Å². The van der Waals surface area contributed by atoms with Crippen LogP contribution < -0.4 is 14.8 Å². The molecule has 0 spiro atoms. The Morgan fingerprint density at radius 3 is 2.27 bits per heavy atom.